The lowest BCUT2D eigenvalue weighted by atomic mass is 10.6. The van der Waals surface area contributed by atoms with Gasteiger partial charge in [0.1, 0.15) is 6.16 Å². The van der Waals surface area contributed by atoms with E-state index in [9.17, 15) is 0 Å². The molecule has 0 aromatic heterocycles. The second-order valence-electron chi connectivity index (χ2n) is 1.42. The zero-order valence-electron chi connectivity index (χ0n) is 4.20. The van der Waals surface area contributed by atoms with Crippen LogP contribution < -0.4 is 0 Å². The van der Waals surface area contributed by atoms with Crippen LogP contribution >= 0.6 is 30.4 Å². The summed E-state index contributed by atoms with van der Waals surface area (Å²) in [6.45, 7) is 2.00. The van der Waals surface area contributed by atoms with Crippen LogP contribution in [0.5, 0.6) is 0 Å². The van der Waals surface area contributed by atoms with Gasteiger partial charge in [-0.1, -0.05) is 6.92 Å². The van der Waals surface area contributed by atoms with Gasteiger partial charge in [-0.3, -0.25) is 0 Å². The fourth-order valence-corrected chi connectivity index (χ4v) is 2.10. The van der Waals surface area contributed by atoms with E-state index in [4.69, 9.17) is 4.89 Å². The van der Waals surface area contributed by atoms with E-state index in [0.717, 1.165) is 12.6 Å². The molecule has 0 saturated heterocycles. The van der Waals surface area contributed by atoms with Crippen molar-refractivity contribution in [2.24, 2.45) is 0 Å². The van der Waals surface area contributed by atoms with Gasteiger partial charge in [-0.15, -0.1) is 0 Å². The molecule has 0 aliphatic carbocycles. The average molecular weight is 157 g/mol. The molecule has 7 heavy (non-hydrogen) atoms. The third-order valence-corrected chi connectivity index (χ3v) is 2.77. The highest BCUT2D eigenvalue weighted by Crippen LogP contribution is 2.64. The lowest BCUT2D eigenvalue weighted by Gasteiger charge is -2.00. The van der Waals surface area contributed by atoms with Crippen LogP contribution in [-0.4, -0.2) is 11.1 Å². The molecular weight excluding hydrogens is 147 g/mol. The Hall–Kier alpha value is 1.09. The maximum Gasteiger partial charge on any atom is 0.252 e. The van der Waals surface area contributed by atoms with E-state index in [2.05, 4.69) is 24.5 Å². The van der Waals surface area contributed by atoms with Crippen LogP contribution in [0.3, 0.4) is 0 Å². The van der Waals surface area contributed by atoms with Gasteiger partial charge in [0.05, 0.1) is 0 Å². The van der Waals surface area contributed by atoms with Crippen molar-refractivity contribution < 1.29 is 4.89 Å². The quantitative estimate of drug-likeness (QED) is 0.413. The van der Waals surface area contributed by atoms with Crippen molar-refractivity contribution in [1.82, 2.24) is 0 Å². The highest BCUT2D eigenvalue weighted by Gasteiger charge is 2.22. The summed E-state index contributed by atoms with van der Waals surface area (Å²) in [5.41, 5.74) is 0. The van der Waals surface area contributed by atoms with E-state index < -0.39 is 5.89 Å². The normalized spacial score (nSPS) is 12.0. The highest BCUT2D eigenvalue weighted by atomic mass is 33.1. The summed E-state index contributed by atoms with van der Waals surface area (Å²) in [4.78, 5) is 8.86. The SMILES string of the molecule is CCC[P+](O)(S)S. The summed E-state index contributed by atoms with van der Waals surface area (Å²) in [6.07, 6.45) is 1.69. The van der Waals surface area contributed by atoms with Gasteiger partial charge in [-0.2, -0.15) is 0 Å². The minimum atomic E-state index is -2.03. The van der Waals surface area contributed by atoms with Crippen LogP contribution in [0.2, 0.25) is 0 Å². The Kier molecular flexibility index (Phi) is 3.68. The number of hydrogen-bond acceptors (Lipinski definition) is 3. The summed E-state index contributed by atoms with van der Waals surface area (Å²) in [6, 6.07) is 0. The van der Waals surface area contributed by atoms with Gasteiger partial charge in [0, 0.05) is 24.5 Å². The third-order valence-electron chi connectivity index (χ3n) is 0.524. The highest BCUT2D eigenvalue weighted by molar-refractivity contribution is 8.83. The molecule has 0 saturated carbocycles. The Labute approximate surface area is 55.2 Å². The van der Waals surface area contributed by atoms with Crippen molar-refractivity contribution in [3.63, 3.8) is 0 Å². The van der Waals surface area contributed by atoms with Crippen LogP contribution in [0.1, 0.15) is 13.3 Å². The molecule has 0 amide bonds. The Morgan fingerprint density at radius 2 is 2.00 bits per heavy atom. The van der Waals surface area contributed by atoms with Crippen LogP contribution in [0.4, 0.5) is 0 Å². The molecule has 0 heterocycles. The molecule has 0 aliphatic heterocycles. The summed E-state index contributed by atoms with van der Waals surface area (Å²) < 4.78 is 0. The molecule has 4 heteroatoms. The number of hydrogen-bond donors (Lipinski definition) is 3. The topological polar surface area (TPSA) is 20.2 Å². The molecule has 1 N–H and O–H groups in total. The molecule has 0 spiro atoms. The molecule has 0 radical (unpaired) electrons. The summed E-state index contributed by atoms with van der Waals surface area (Å²) in [5.74, 6) is -2.03. The maximum absolute atomic E-state index is 8.86. The van der Waals surface area contributed by atoms with Gasteiger partial charge in [-0.05, 0) is 6.42 Å². The van der Waals surface area contributed by atoms with E-state index in [1.165, 1.54) is 0 Å². The first kappa shape index (κ1) is 8.09. The van der Waals surface area contributed by atoms with E-state index >= 15 is 0 Å². The van der Waals surface area contributed by atoms with Crippen molar-refractivity contribution in [1.29, 1.82) is 0 Å². The predicted molar refractivity (Wildman–Crippen MR) is 42.3 cm³/mol. The monoisotopic (exact) mass is 157 g/mol. The Morgan fingerprint density at radius 1 is 1.57 bits per heavy atom. The van der Waals surface area contributed by atoms with Crippen molar-refractivity contribution >= 4 is 30.4 Å². The number of rotatable bonds is 2. The molecule has 44 valence electrons. The summed E-state index contributed by atoms with van der Waals surface area (Å²) in [5, 5.41) is 0. The second-order valence-corrected chi connectivity index (χ2v) is 8.17. The van der Waals surface area contributed by atoms with Crippen LogP contribution in [0.25, 0.3) is 0 Å². The Balaban J connectivity index is 3.15. The lowest BCUT2D eigenvalue weighted by molar-refractivity contribution is 0.634. The minimum absolute atomic E-state index is 0.735. The molecular formula is C3H10OPS2+. The summed E-state index contributed by atoms with van der Waals surface area (Å²) in [7, 11) is 0. The maximum atomic E-state index is 8.86. The smallest absolute Gasteiger partial charge is 0.228 e. The first-order valence-corrected chi connectivity index (χ1v) is 6.36. The van der Waals surface area contributed by atoms with Crippen molar-refractivity contribution in [2.45, 2.75) is 13.3 Å². The molecule has 0 aromatic rings. The van der Waals surface area contributed by atoms with Gasteiger partial charge >= 0.3 is 0 Å². The van der Waals surface area contributed by atoms with E-state index in [1.54, 1.807) is 0 Å². The minimum Gasteiger partial charge on any atom is -0.228 e. The fraction of sp³-hybridized carbons (Fsp3) is 1.00. The van der Waals surface area contributed by atoms with E-state index in [-0.39, 0.29) is 0 Å². The van der Waals surface area contributed by atoms with Gasteiger partial charge in [0.25, 0.3) is 5.89 Å². The molecule has 0 aliphatic rings. The Morgan fingerprint density at radius 3 is 2.00 bits per heavy atom. The average Bonchev–Trinajstić information content (AvgIpc) is 1.30. The fourth-order valence-electron chi connectivity index (χ4n) is 0.300. The molecule has 0 atom stereocenters. The van der Waals surface area contributed by atoms with Gasteiger partial charge in [0.2, 0.25) is 0 Å². The lowest BCUT2D eigenvalue weighted by Crippen LogP contribution is -1.78. The molecule has 0 rings (SSSR count). The van der Waals surface area contributed by atoms with Gasteiger partial charge in [-0.25, -0.2) is 4.89 Å². The van der Waals surface area contributed by atoms with Crippen LogP contribution in [0.15, 0.2) is 0 Å². The first-order chi connectivity index (χ1) is 3.06. The molecule has 1 nitrogen and oxygen atoms in total. The molecule has 0 fully saturated rings. The Bertz CT molecular complexity index is 51.4. The largest absolute Gasteiger partial charge is 0.252 e. The van der Waals surface area contributed by atoms with Crippen LogP contribution in [0, 0.1) is 0 Å². The molecule has 0 aromatic carbocycles. The van der Waals surface area contributed by atoms with Crippen LogP contribution in [-0.2, 0) is 0 Å². The molecule has 0 bridgehead atoms. The first-order valence-electron chi connectivity index (χ1n) is 2.12. The van der Waals surface area contributed by atoms with E-state index in [1.807, 2.05) is 6.92 Å². The third kappa shape index (κ3) is 7.09. The standard InChI is InChI=1S/C3H10OPS2/c1-2-3-5(4,6)7/h4,6-7H,2-3H2,1H3/q+1. The zero-order chi connectivity index (χ0) is 5.91. The van der Waals surface area contributed by atoms with Crippen molar-refractivity contribution in [3.05, 3.63) is 0 Å². The van der Waals surface area contributed by atoms with Gasteiger partial charge in [0.15, 0.2) is 0 Å². The second kappa shape index (κ2) is 3.18. The molecule has 0 unspecified atom stereocenters. The van der Waals surface area contributed by atoms with E-state index in [0.29, 0.717) is 0 Å². The van der Waals surface area contributed by atoms with Gasteiger partial charge < -0.3 is 0 Å². The summed E-state index contributed by atoms with van der Waals surface area (Å²) >= 11 is 7.73. The van der Waals surface area contributed by atoms with Crippen molar-refractivity contribution in [3.8, 4) is 0 Å². The predicted octanol–water partition coefficient (Wildman–Crippen LogP) is 2.01. The zero-order valence-corrected chi connectivity index (χ0v) is 6.89. The van der Waals surface area contributed by atoms with Crippen molar-refractivity contribution in [2.75, 3.05) is 6.16 Å². The number of thiol groups is 2.